The van der Waals surface area contributed by atoms with E-state index in [4.69, 9.17) is 5.73 Å². The summed E-state index contributed by atoms with van der Waals surface area (Å²) in [6.45, 7) is 5.07. The molecule has 0 bridgehead atoms. The molecule has 0 saturated heterocycles. The third-order valence-corrected chi connectivity index (χ3v) is 3.14. The molecule has 0 fully saturated rings. The molecule has 1 unspecified atom stereocenters. The highest BCUT2D eigenvalue weighted by Gasteiger charge is 2.15. The van der Waals surface area contributed by atoms with Crippen LogP contribution >= 0.6 is 0 Å². The highest BCUT2D eigenvalue weighted by molar-refractivity contribution is 5.23. The maximum absolute atomic E-state index is 6.28. The van der Waals surface area contributed by atoms with E-state index in [2.05, 4.69) is 30.2 Å². The fourth-order valence-corrected chi connectivity index (χ4v) is 2.19. The van der Waals surface area contributed by atoms with E-state index in [1.54, 1.807) is 0 Å². The van der Waals surface area contributed by atoms with Crippen LogP contribution in [0.1, 0.15) is 36.7 Å². The van der Waals surface area contributed by atoms with Gasteiger partial charge in [0.05, 0.1) is 11.9 Å². The van der Waals surface area contributed by atoms with E-state index < -0.39 is 0 Å². The van der Waals surface area contributed by atoms with Gasteiger partial charge in [-0.2, -0.15) is 10.2 Å². The largest absolute Gasteiger partial charge is 0.324 e. The first kappa shape index (κ1) is 12.8. The van der Waals surface area contributed by atoms with Crippen molar-refractivity contribution in [1.82, 2.24) is 19.6 Å². The van der Waals surface area contributed by atoms with Crippen molar-refractivity contribution in [1.29, 1.82) is 0 Å². The van der Waals surface area contributed by atoms with Crippen LogP contribution < -0.4 is 5.73 Å². The minimum Gasteiger partial charge on any atom is -0.324 e. The molecule has 2 aromatic heterocycles. The first-order valence-electron chi connectivity index (χ1n) is 6.43. The third kappa shape index (κ3) is 2.61. The molecule has 0 radical (unpaired) electrons. The lowest BCUT2D eigenvalue weighted by molar-refractivity contribution is 0.657. The summed E-state index contributed by atoms with van der Waals surface area (Å²) in [7, 11) is 1.94. The minimum atomic E-state index is -0.0110. The van der Waals surface area contributed by atoms with Gasteiger partial charge < -0.3 is 5.73 Å². The van der Waals surface area contributed by atoms with Crippen LogP contribution in [-0.2, 0) is 26.4 Å². The molecule has 0 aliphatic carbocycles. The van der Waals surface area contributed by atoms with Crippen molar-refractivity contribution in [3.63, 3.8) is 0 Å². The highest BCUT2D eigenvalue weighted by Crippen LogP contribution is 2.19. The quantitative estimate of drug-likeness (QED) is 0.869. The van der Waals surface area contributed by atoms with Gasteiger partial charge in [-0.3, -0.25) is 9.36 Å². The van der Waals surface area contributed by atoms with Gasteiger partial charge in [-0.05, 0) is 25.3 Å². The normalized spacial score (nSPS) is 12.9. The number of nitrogens with two attached hydrogens (primary N) is 1. The minimum absolute atomic E-state index is 0.0110. The molecule has 2 aromatic rings. The second-order valence-electron chi connectivity index (χ2n) is 4.57. The van der Waals surface area contributed by atoms with Crippen LogP contribution in [0.4, 0.5) is 0 Å². The number of hydrogen-bond acceptors (Lipinski definition) is 3. The number of aryl methyl sites for hydroxylation is 3. The van der Waals surface area contributed by atoms with E-state index in [1.165, 1.54) is 5.56 Å². The summed E-state index contributed by atoms with van der Waals surface area (Å²) < 4.78 is 3.76. The van der Waals surface area contributed by atoms with E-state index in [0.717, 1.165) is 30.6 Å². The molecular weight excluding hydrogens is 226 g/mol. The maximum atomic E-state index is 6.28. The second-order valence-corrected chi connectivity index (χ2v) is 4.57. The summed E-state index contributed by atoms with van der Waals surface area (Å²) in [5.41, 5.74) is 9.69. The lowest BCUT2D eigenvalue weighted by Crippen LogP contribution is -2.14. The van der Waals surface area contributed by atoms with Gasteiger partial charge in [0, 0.05) is 37.6 Å². The van der Waals surface area contributed by atoms with Crippen LogP contribution in [0.5, 0.6) is 0 Å². The van der Waals surface area contributed by atoms with Crippen molar-refractivity contribution >= 4 is 0 Å². The predicted molar refractivity (Wildman–Crippen MR) is 71.1 cm³/mol. The van der Waals surface area contributed by atoms with Crippen molar-refractivity contribution in [2.75, 3.05) is 0 Å². The monoisotopic (exact) mass is 247 g/mol. The van der Waals surface area contributed by atoms with Gasteiger partial charge in [-0.15, -0.1) is 0 Å². The average molecular weight is 247 g/mol. The Balaban J connectivity index is 2.13. The molecular formula is C13H21N5. The van der Waals surface area contributed by atoms with Gasteiger partial charge in [-0.1, -0.05) is 6.92 Å². The van der Waals surface area contributed by atoms with Crippen LogP contribution in [0.3, 0.4) is 0 Å². The van der Waals surface area contributed by atoms with Crippen molar-refractivity contribution < 1.29 is 0 Å². The van der Waals surface area contributed by atoms with Crippen molar-refractivity contribution in [3.8, 4) is 0 Å². The Hall–Kier alpha value is -1.62. The predicted octanol–water partition coefficient (Wildman–Crippen LogP) is 1.44. The van der Waals surface area contributed by atoms with E-state index in [1.807, 2.05) is 28.8 Å². The molecule has 2 rings (SSSR count). The van der Waals surface area contributed by atoms with Crippen molar-refractivity contribution in [2.24, 2.45) is 12.8 Å². The molecule has 0 aliphatic rings. The standard InChI is InChI=1S/C13H21N5/c1-4-13-11(9-17(3)16-13)12(14)6-10-7-15-18(5-2)8-10/h7-9,12H,4-6,14H2,1-3H3. The fraction of sp³-hybridized carbons (Fsp3) is 0.538. The zero-order chi connectivity index (χ0) is 13.1. The molecule has 0 amide bonds. The number of hydrogen-bond donors (Lipinski definition) is 1. The van der Waals surface area contributed by atoms with Crippen LogP contribution in [0.25, 0.3) is 0 Å². The average Bonchev–Trinajstić information content (AvgIpc) is 2.95. The molecule has 2 heterocycles. The topological polar surface area (TPSA) is 61.7 Å². The molecule has 5 heteroatoms. The lowest BCUT2D eigenvalue weighted by atomic mass is 10.0. The van der Waals surface area contributed by atoms with Crippen LogP contribution in [-0.4, -0.2) is 19.6 Å². The fourth-order valence-electron chi connectivity index (χ4n) is 2.19. The Morgan fingerprint density at radius 2 is 2.11 bits per heavy atom. The summed E-state index contributed by atoms with van der Waals surface area (Å²) in [6.07, 6.45) is 7.69. The molecule has 0 aromatic carbocycles. The van der Waals surface area contributed by atoms with E-state index >= 15 is 0 Å². The lowest BCUT2D eigenvalue weighted by Gasteiger charge is -2.09. The van der Waals surface area contributed by atoms with Crippen LogP contribution in [0.2, 0.25) is 0 Å². The molecule has 1 atom stereocenters. The molecule has 18 heavy (non-hydrogen) atoms. The molecule has 0 saturated carbocycles. The van der Waals surface area contributed by atoms with Gasteiger partial charge >= 0.3 is 0 Å². The third-order valence-electron chi connectivity index (χ3n) is 3.14. The van der Waals surface area contributed by atoms with Crippen LogP contribution in [0.15, 0.2) is 18.6 Å². The molecule has 98 valence electrons. The molecule has 2 N–H and O–H groups in total. The van der Waals surface area contributed by atoms with Gasteiger partial charge in [0.25, 0.3) is 0 Å². The SMILES string of the molecule is CCc1nn(C)cc1C(N)Cc1cnn(CC)c1. The Morgan fingerprint density at radius 1 is 1.33 bits per heavy atom. The number of nitrogens with zero attached hydrogens (tertiary/aromatic N) is 4. The summed E-state index contributed by atoms with van der Waals surface area (Å²) in [4.78, 5) is 0. The Kier molecular flexibility index (Phi) is 3.81. The smallest absolute Gasteiger partial charge is 0.0669 e. The first-order chi connectivity index (χ1) is 8.63. The summed E-state index contributed by atoms with van der Waals surface area (Å²) in [6, 6.07) is -0.0110. The van der Waals surface area contributed by atoms with Gasteiger partial charge in [0.2, 0.25) is 0 Å². The van der Waals surface area contributed by atoms with Gasteiger partial charge in [0.1, 0.15) is 0 Å². The second kappa shape index (κ2) is 5.35. The summed E-state index contributed by atoms with van der Waals surface area (Å²) >= 11 is 0. The molecule has 0 spiro atoms. The highest BCUT2D eigenvalue weighted by atomic mass is 15.3. The zero-order valence-electron chi connectivity index (χ0n) is 11.3. The van der Waals surface area contributed by atoms with E-state index in [-0.39, 0.29) is 6.04 Å². The van der Waals surface area contributed by atoms with E-state index in [0.29, 0.717) is 0 Å². The van der Waals surface area contributed by atoms with E-state index in [9.17, 15) is 0 Å². The van der Waals surface area contributed by atoms with Crippen molar-refractivity contribution in [3.05, 3.63) is 35.4 Å². The maximum Gasteiger partial charge on any atom is 0.0669 e. The van der Waals surface area contributed by atoms with Gasteiger partial charge in [0.15, 0.2) is 0 Å². The number of aromatic nitrogens is 4. The van der Waals surface area contributed by atoms with Gasteiger partial charge in [-0.25, -0.2) is 0 Å². The molecule has 5 nitrogen and oxygen atoms in total. The van der Waals surface area contributed by atoms with Crippen LogP contribution in [0, 0.1) is 0 Å². The Morgan fingerprint density at radius 3 is 2.72 bits per heavy atom. The summed E-state index contributed by atoms with van der Waals surface area (Å²) in [5.74, 6) is 0. The Bertz CT molecular complexity index is 511. The first-order valence-corrected chi connectivity index (χ1v) is 6.43. The summed E-state index contributed by atoms with van der Waals surface area (Å²) in [5, 5.41) is 8.70. The number of rotatable bonds is 5. The van der Waals surface area contributed by atoms with Crippen molar-refractivity contribution in [2.45, 2.75) is 39.3 Å². The molecule has 0 aliphatic heterocycles. The Labute approximate surface area is 108 Å². The zero-order valence-corrected chi connectivity index (χ0v) is 11.3.